The van der Waals surface area contributed by atoms with Crippen LogP contribution in [-0.2, 0) is 0 Å². The summed E-state index contributed by atoms with van der Waals surface area (Å²) in [7, 11) is 1.83. The van der Waals surface area contributed by atoms with Gasteiger partial charge >= 0.3 is 0 Å². The molecule has 0 atom stereocenters. The van der Waals surface area contributed by atoms with E-state index in [-0.39, 0.29) is 11.4 Å². The fourth-order valence-electron chi connectivity index (χ4n) is 2.03. The number of pyridine rings is 1. The minimum atomic E-state index is -0.192. The van der Waals surface area contributed by atoms with E-state index in [2.05, 4.69) is 25.8 Å². The van der Waals surface area contributed by atoms with Crippen LogP contribution in [0.3, 0.4) is 0 Å². The highest BCUT2D eigenvalue weighted by Gasteiger charge is 2.29. The number of carbonyl (C=O) groups excluding carboxylic acids is 1. The molecule has 0 bridgehead atoms. The van der Waals surface area contributed by atoms with Gasteiger partial charge in [0.25, 0.3) is 5.91 Å². The zero-order valence-corrected chi connectivity index (χ0v) is 13.5. The first-order valence-electron chi connectivity index (χ1n) is 6.71. The van der Waals surface area contributed by atoms with Crippen LogP contribution in [-0.4, -0.2) is 28.4 Å². The number of carbonyl (C=O) groups is 1. The quantitative estimate of drug-likeness (QED) is 0.942. The van der Waals surface area contributed by atoms with Gasteiger partial charge in [-0.15, -0.1) is 11.3 Å². The number of aromatic nitrogens is 1. The summed E-state index contributed by atoms with van der Waals surface area (Å²) >= 11 is 1.37. The van der Waals surface area contributed by atoms with E-state index in [1.54, 1.807) is 11.1 Å². The molecule has 5 heteroatoms. The topological polar surface area (TPSA) is 59.2 Å². The summed E-state index contributed by atoms with van der Waals surface area (Å²) in [5.41, 5.74) is 7.60. The molecule has 108 valence electrons. The average Bonchev–Trinajstić information content (AvgIpc) is 2.75. The number of anilines is 1. The zero-order valence-electron chi connectivity index (χ0n) is 12.7. The maximum atomic E-state index is 12.7. The van der Waals surface area contributed by atoms with Crippen LogP contribution in [0.25, 0.3) is 10.2 Å². The Hall–Kier alpha value is -1.62. The second-order valence-electron chi connectivity index (χ2n) is 5.68. The van der Waals surface area contributed by atoms with E-state index in [0.29, 0.717) is 10.6 Å². The fourth-order valence-corrected chi connectivity index (χ4v) is 3.14. The monoisotopic (exact) mass is 291 g/mol. The van der Waals surface area contributed by atoms with Gasteiger partial charge in [0.1, 0.15) is 9.71 Å². The molecule has 2 aromatic rings. The Morgan fingerprint density at radius 1 is 1.50 bits per heavy atom. The van der Waals surface area contributed by atoms with Crippen LogP contribution in [0.2, 0.25) is 0 Å². The lowest BCUT2D eigenvalue weighted by Gasteiger charge is -2.34. The van der Waals surface area contributed by atoms with Crippen LogP contribution < -0.4 is 5.73 Å². The van der Waals surface area contributed by atoms with Crippen molar-refractivity contribution in [1.82, 2.24) is 9.88 Å². The molecule has 2 heterocycles. The summed E-state index contributed by atoms with van der Waals surface area (Å²) in [5, 5.41) is 0.906. The van der Waals surface area contributed by atoms with Crippen LogP contribution in [0.15, 0.2) is 12.3 Å². The molecule has 0 unspecified atom stereocenters. The second kappa shape index (κ2) is 5.05. The van der Waals surface area contributed by atoms with Crippen molar-refractivity contribution in [2.75, 3.05) is 12.8 Å². The van der Waals surface area contributed by atoms with E-state index in [1.165, 1.54) is 11.3 Å². The molecule has 0 aliphatic heterocycles. The molecule has 2 N–H and O–H groups in total. The van der Waals surface area contributed by atoms with E-state index in [1.807, 2.05) is 20.0 Å². The number of hydrogen-bond donors (Lipinski definition) is 1. The largest absolute Gasteiger partial charge is 0.397 e. The van der Waals surface area contributed by atoms with Gasteiger partial charge in [-0.05, 0) is 38.8 Å². The molecule has 2 aromatic heterocycles. The van der Waals surface area contributed by atoms with Crippen molar-refractivity contribution >= 4 is 33.1 Å². The summed E-state index contributed by atoms with van der Waals surface area (Å²) in [6, 6.07) is 1.92. The van der Waals surface area contributed by atoms with Gasteiger partial charge in [-0.25, -0.2) is 4.98 Å². The molecule has 2 rings (SSSR count). The van der Waals surface area contributed by atoms with Crippen LogP contribution >= 0.6 is 11.3 Å². The first-order chi connectivity index (χ1) is 9.29. The molecular weight excluding hydrogens is 270 g/mol. The van der Waals surface area contributed by atoms with E-state index in [0.717, 1.165) is 22.2 Å². The smallest absolute Gasteiger partial charge is 0.266 e. The summed E-state index contributed by atoms with van der Waals surface area (Å²) in [6.45, 7) is 8.17. The minimum absolute atomic E-state index is 0.0308. The average molecular weight is 291 g/mol. The molecule has 20 heavy (non-hydrogen) atoms. The van der Waals surface area contributed by atoms with Crippen molar-refractivity contribution < 1.29 is 4.79 Å². The molecule has 0 spiro atoms. The van der Waals surface area contributed by atoms with Crippen molar-refractivity contribution in [1.29, 1.82) is 0 Å². The number of hydrogen-bond acceptors (Lipinski definition) is 4. The number of rotatable bonds is 3. The Kier molecular flexibility index (Phi) is 3.73. The van der Waals surface area contributed by atoms with E-state index < -0.39 is 0 Å². The first-order valence-corrected chi connectivity index (χ1v) is 7.53. The van der Waals surface area contributed by atoms with E-state index >= 15 is 0 Å². The van der Waals surface area contributed by atoms with Crippen molar-refractivity contribution in [2.45, 2.75) is 39.7 Å². The number of amides is 1. The normalized spacial score (nSPS) is 11.8. The van der Waals surface area contributed by atoms with Gasteiger partial charge in [-0.2, -0.15) is 0 Å². The van der Waals surface area contributed by atoms with Gasteiger partial charge in [0, 0.05) is 24.2 Å². The number of thiophene rings is 1. The van der Waals surface area contributed by atoms with Crippen LogP contribution in [0, 0.1) is 6.92 Å². The highest BCUT2D eigenvalue weighted by atomic mass is 32.1. The van der Waals surface area contributed by atoms with Gasteiger partial charge in [0.05, 0.1) is 5.69 Å². The predicted molar refractivity (Wildman–Crippen MR) is 85.2 cm³/mol. The van der Waals surface area contributed by atoms with Crippen molar-refractivity contribution in [3.63, 3.8) is 0 Å². The number of nitrogen functional groups attached to an aromatic ring is 1. The van der Waals surface area contributed by atoms with Gasteiger partial charge < -0.3 is 10.6 Å². The Bertz CT molecular complexity index is 660. The third kappa shape index (κ3) is 2.26. The Labute approximate surface area is 123 Å². The maximum Gasteiger partial charge on any atom is 0.266 e. The SMILES string of the molecule is CCC(C)(C)N(C)C(=O)c1sc2nccc(C)c2c1N. The number of aryl methyl sites for hydroxylation is 1. The highest BCUT2D eigenvalue weighted by Crippen LogP contribution is 2.35. The fraction of sp³-hybridized carbons (Fsp3) is 0.467. The summed E-state index contributed by atoms with van der Waals surface area (Å²) in [6.07, 6.45) is 2.64. The first kappa shape index (κ1) is 14.8. The molecule has 0 radical (unpaired) electrons. The van der Waals surface area contributed by atoms with Crippen LogP contribution in [0.4, 0.5) is 5.69 Å². The molecule has 1 amide bonds. The number of nitrogens with zero attached hydrogens (tertiary/aromatic N) is 2. The molecule has 0 aromatic carbocycles. The molecular formula is C15H21N3OS. The lowest BCUT2D eigenvalue weighted by atomic mass is 9.99. The van der Waals surface area contributed by atoms with Crippen molar-refractivity contribution in [2.24, 2.45) is 0 Å². The predicted octanol–water partition coefficient (Wildman–Crippen LogP) is 3.45. The lowest BCUT2D eigenvalue weighted by molar-refractivity contribution is 0.0626. The van der Waals surface area contributed by atoms with Crippen molar-refractivity contribution in [3.8, 4) is 0 Å². The molecule has 0 saturated carbocycles. The zero-order chi connectivity index (χ0) is 15.1. The molecule has 0 fully saturated rings. The van der Waals surface area contributed by atoms with Gasteiger partial charge in [0.2, 0.25) is 0 Å². The summed E-state index contributed by atoms with van der Waals surface area (Å²) in [5.74, 6) is -0.0308. The third-order valence-electron chi connectivity index (χ3n) is 4.11. The van der Waals surface area contributed by atoms with Crippen molar-refractivity contribution in [3.05, 3.63) is 22.7 Å². The van der Waals surface area contributed by atoms with Crippen LogP contribution in [0.5, 0.6) is 0 Å². The standard InChI is InChI=1S/C15H21N3OS/c1-6-15(3,4)18(5)14(19)12-11(16)10-9(2)7-8-17-13(10)20-12/h7-8H,6,16H2,1-5H3. The molecule has 0 aliphatic rings. The van der Waals surface area contributed by atoms with E-state index in [4.69, 9.17) is 5.73 Å². The Balaban J connectivity index is 2.51. The number of fused-ring (bicyclic) bond motifs is 1. The maximum absolute atomic E-state index is 12.7. The Morgan fingerprint density at radius 3 is 2.70 bits per heavy atom. The molecule has 4 nitrogen and oxygen atoms in total. The summed E-state index contributed by atoms with van der Waals surface area (Å²) < 4.78 is 0. The summed E-state index contributed by atoms with van der Waals surface area (Å²) in [4.78, 5) is 20.2. The Morgan fingerprint density at radius 2 is 2.15 bits per heavy atom. The minimum Gasteiger partial charge on any atom is -0.397 e. The van der Waals surface area contributed by atoms with E-state index in [9.17, 15) is 4.79 Å². The highest BCUT2D eigenvalue weighted by molar-refractivity contribution is 7.21. The van der Waals surface area contributed by atoms with Gasteiger partial charge in [-0.3, -0.25) is 4.79 Å². The second-order valence-corrected chi connectivity index (χ2v) is 6.68. The third-order valence-corrected chi connectivity index (χ3v) is 5.21. The van der Waals surface area contributed by atoms with Gasteiger partial charge in [0.15, 0.2) is 0 Å². The van der Waals surface area contributed by atoms with Gasteiger partial charge in [-0.1, -0.05) is 6.92 Å². The number of nitrogens with two attached hydrogens (primary N) is 1. The van der Waals surface area contributed by atoms with Crippen LogP contribution in [0.1, 0.15) is 42.4 Å². The molecule has 0 aliphatic carbocycles. The molecule has 0 saturated heterocycles. The lowest BCUT2D eigenvalue weighted by Crippen LogP contribution is -2.44.